The maximum absolute atomic E-state index is 14.6. The lowest BCUT2D eigenvalue weighted by atomic mass is 10.0. The summed E-state index contributed by atoms with van der Waals surface area (Å²) in [5.41, 5.74) is 0.685. The van der Waals surface area contributed by atoms with Crippen molar-refractivity contribution in [1.29, 1.82) is 0 Å². The van der Waals surface area contributed by atoms with E-state index in [1.54, 1.807) is 11.8 Å². The van der Waals surface area contributed by atoms with Crippen LogP contribution in [0.3, 0.4) is 0 Å². The molecule has 32 heavy (non-hydrogen) atoms. The minimum Gasteiger partial charge on any atom is -0.378 e. The maximum atomic E-state index is 14.6. The molecule has 0 saturated carbocycles. The minimum atomic E-state index is -2.92. The van der Waals surface area contributed by atoms with E-state index in [0.29, 0.717) is 36.8 Å². The molecule has 1 fully saturated rings. The molecule has 7 nitrogen and oxygen atoms in total. The Hall–Kier alpha value is -2.43. The quantitative estimate of drug-likeness (QED) is 0.675. The van der Waals surface area contributed by atoms with E-state index in [1.807, 2.05) is 11.9 Å². The van der Waals surface area contributed by atoms with Crippen molar-refractivity contribution in [3.05, 3.63) is 51.7 Å². The van der Waals surface area contributed by atoms with Crippen molar-refractivity contribution >= 4 is 23.3 Å². The number of hydrogen-bond acceptors (Lipinski definition) is 6. The molecule has 0 aliphatic carbocycles. The zero-order valence-electron chi connectivity index (χ0n) is 17.6. The average Bonchev–Trinajstić information content (AvgIpc) is 3.17. The normalized spacial score (nSPS) is 19.8. The summed E-state index contributed by atoms with van der Waals surface area (Å²) >= 11 is 6.09. The molecule has 0 unspecified atom stereocenters. The van der Waals surface area contributed by atoms with E-state index in [4.69, 9.17) is 16.3 Å². The number of alkyl halides is 2. The predicted octanol–water partition coefficient (Wildman–Crippen LogP) is 3.55. The van der Waals surface area contributed by atoms with E-state index in [9.17, 15) is 18.0 Å². The SMILES string of the molecule is C[C@@H](Nc1nc(Cl)nc2c1CN(C(=O)[C@@H]1COCCN1C)C2)c1cccc(C(F)F)c1F. The Morgan fingerprint density at radius 3 is 2.75 bits per heavy atom. The molecule has 1 saturated heterocycles. The number of nitrogens with one attached hydrogen (secondary N) is 1. The monoisotopic (exact) mass is 469 g/mol. The molecule has 1 N–H and O–H groups in total. The van der Waals surface area contributed by atoms with Crippen LogP contribution < -0.4 is 5.32 Å². The van der Waals surface area contributed by atoms with Gasteiger partial charge >= 0.3 is 0 Å². The lowest BCUT2D eigenvalue weighted by Crippen LogP contribution is -2.52. The Morgan fingerprint density at radius 2 is 2.03 bits per heavy atom. The Bertz CT molecular complexity index is 1030. The molecule has 172 valence electrons. The summed E-state index contributed by atoms with van der Waals surface area (Å²) in [4.78, 5) is 25.1. The molecule has 3 heterocycles. The summed E-state index contributed by atoms with van der Waals surface area (Å²) in [5, 5.41) is 3.04. The average molecular weight is 470 g/mol. The number of halogens is 4. The molecular weight excluding hydrogens is 447 g/mol. The fourth-order valence-corrected chi connectivity index (χ4v) is 4.20. The highest BCUT2D eigenvalue weighted by atomic mass is 35.5. The van der Waals surface area contributed by atoms with Crippen molar-refractivity contribution in [3.63, 3.8) is 0 Å². The van der Waals surface area contributed by atoms with Crippen LogP contribution in [0, 0.1) is 5.82 Å². The molecule has 0 radical (unpaired) electrons. The van der Waals surface area contributed by atoms with E-state index >= 15 is 0 Å². The molecular formula is C21H23ClF3N5O2. The van der Waals surface area contributed by atoms with Gasteiger partial charge in [-0.1, -0.05) is 18.2 Å². The topological polar surface area (TPSA) is 70.6 Å². The van der Waals surface area contributed by atoms with Crippen molar-refractivity contribution in [3.8, 4) is 0 Å². The Kier molecular flexibility index (Phi) is 6.55. The van der Waals surface area contributed by atoms with Crippen molar-refractivity contribution in [2.24, 2.45) is 0 Å². The highest BCUT2D eigenvalue weighted by molar-refractivity contribution is 6.28. The van der Waals surface area contributed by atoms with Gasteiger partial charge in [-0.15, -0.1) is 0 Å². The fourth-order valence-electron chi connectivity index (χ4n) is 4.01. The summed E-state index contributed by atoms with van der Waals surface area (Å²) in [6.07, 6.45) is -2.92. The number of morpholine rings is 1. The maximum Gasteiger partial charge on any atom is 0.266 e. The van der Waals surface area contributed by atoms with Crippen molar-refractivity contribution in [2.45, 2.75) is 38.5 Å². The molecule has 1 aromatic heterocycles. The van der Waals surface area contributed by atoms with Gasteiger partial charge in [0.05, 0.1) is 43.6 Å². The molecule has 1 aromatic carbocycles. The van der Waals surface area contributed by atoms with Crippen molar-refractivity contribution in [1.82, 2.24) is 19.8 Å². The number of anilines is 1. The van der Waals surface area contributed by atoms with Gasteiger partial charge in [-0.2, -0.15) is 0 Å². The fraction of sp³-hybridized carbons (Fsp3) is 0.476. The molecule has 2 aromatic rings. The Labute approximate surface area is 188 Å². The van der Waals surface area contributed by atoms with E-state index in [2.05, 4.69) is 15.3 Å². The van der Waals surface area contributed by atoms with Gasteiger partial charge in [-0.3, -0.25) is 9.69 Å². The number of ether oxygens (including phenoxy) is 1. The van der Waals surface area contributed by atoms with Gasteiger partial charge in [0.1, 0.15) is 17.7 Å². The molecule has 4 rings (SSSR count). The summed E-state index contributed by atoms with van der Waals surface area (Å²) in [6.45, 7) is 3.72. The first-order chi connectivity index (χ1) is 15.3. The summed E-state index contributed by atoms with van der Waals surface area (Å²) in [6, 6.07) is 2.83. The molecule has 1 amide bonds. The molecule has 2 atom stereocenters. The van der Waals surface area contributed by atoms with Crippen LogP contribution >= 0.6 is 11.6 Å². The van der Waals surface area contributed by atoms with Crippen LogP contribution in [0.25, 0.3) is 0 Å². The van der Waals surface area contributed by atoms with Crippen LogP contribution in [0.15, 0.2) is 18.2 Å². The van der Waals surface area contributed by atoms with Crippen molar-refractivity contribution in [2.75, 3.05) is 32.1 Å². The molecule has 0 spiro atoms. The zero-order valence-corrected chi connectivity index (χ0v) is 18.4. The number of hydrogen-bond donors (Lipinski definition) is 1. The number of nitrogens with zero attached hydrogens (tertiary/aromatic N) is 4. The highest BCUT2D eigenvalue weighted by Gasteiger charge is 2.35. The van der Waals surface area contributed by atoms with Crippen LogP contribution in [-0.4, -0.2) is 58.5 Å². The third-order valence-corrected chi connectivity index (χ3v) is 6.03. The van der Waals surface area contributed by atoms with Crippen LogP contribution in [0.4, 0.5) is 19.0 Å². The summed E-state index contributed by atoms with van der Waals surface area (Å²) < 4.78 is 46.2. The van der Waals surface area contributed by atoms with Gasteiger partial charge < -0.3 is 15.0 Å². The predicted molar refractivity (Wildman–Crippen MR) is 112 cm³/mol. The first-order valence-electron chi connectivity index (χ1n) is 10.2. The largest absolute Gasteiger partial charge is 0.378 e. The highest BCUT2D eigenvalue weighted by Crippen LogP contribution is 2.33. The molecule has 11 heteroatoms. The minimum absolute atomic E-state index is 0.0207. The van der Waals surface area contributed by atoms with E-state index in [-0.39, 0.29) is 35.9 Å². The van der Waals surface area contributed by atoms with Crippen molar-refractivity contribution < 1.29 is 22.7 Å². The zero-order chi connectivity index (χ0) is 23.0. The lowest BCUT2D eigenvalue weighted by molar-refractivity contribution is -0.142. The standard InChI is InChI=1S/C21H23ClF3N5O2/c1-11(12-4-3-5-13(17(12)23)18(24)25)26-19-14-8-30(9-15(14)27-21(22)28-19)20(31)16-10-32-7-6-29(16)2/h3-5,11,16,18H,6-10H2,1-2H3,(H,26,27,28)/t11-,16+/m1/s1. The second kappa shape index (κ2) is 9.21. The molecule has 2 aliphatic heterocycles. The molecule has 0 bridgehead atoms. The van der Waals surface area contributed by atoms with Gasteiger partial charge in [-0.05, 0) is 25.6 Å². The van der Waals surface area contributed by atoms with Crippen LogP contribution in [0.5, 0.6) is 0 Å². The second-order valence-corrected chi connectivity index (χ2v) is 8.29. The number of likely N-dealkylation sites (N-methyl/N-ethyl adjacent to an activating group) is 1. The number of benzene rings is 1. The number of fused-ring (bicyclic) bond motifs is 1. The Morgan fingerprint density at radius 1 is 1.28 bits per heavy atom. The van der Waals surface area contributed by atoms with E-state index < -0.39 is 23.8 Å². The van der Waals surface area contributed by atoms with Crippen LogP contribution in [0.2, 0.25) is 5.28 Å². The van der Waals surface area contributed by atoms with Crippen LogP contribution in [0.1, 0.15) is 41.8 Å². The van der Waals surface area contributed by atoms with Gasteiger partial charge in [0.25, 0.3) is 6.43 Å². The first-order valence-corrected chi connectivity index (χ1v) is 10.6. The number of carbonyl (C=O) groups excluding carboxylic acids is 1. The lowest BCUT2D eigenvalue weighted by Gasteiger charge is -2.33. The van der Waals surface area contributed by atoms with Gasteiger partial charge in [0.15, 0.2) is 0 Å². The third-order valence-electron chi connectivity index (χ3n) is 5.86. The number of aromatic nitrogens is 2. The third kappa shape index (κ3) is 4.39. The smallest absolute Gasteiger partial charge is 0.266 e. The molecule has 2 aliphatic rings. The Balaban J connectivity index is 1.56. The number of amides is 1. The van der Waals surface area contributed by atoms with Gasteiger partial charge in [0, 0.05) is 17.7 Å². The van der Waals surface area contributed by atoms with Crippen LogP contribution in [-0.2, 0) is 22.6 Å². The van der Waals surface area contributed by atoms with Gasteiger partial charge in [-0.25, -0.2) is 23.1 Å². The van der Waals surface area contributed by atoms with E-state index in [0.717, 1.165) is 6.07 Å². The first kappa shape index (κ1) is 22.8. The summed E-state index contributed by atoms with van der Waals surface area (Å²) in [7, 11) is 1.88. The van der Waals surface area contributed by atoms with E-state index in [1.165, 1.54) is 12.1 Å². The van der Waals surface area contributed by atoms with Gasteiger partial charge in [0.2, 0.25) is 11.2 Å². The number of rotatable bonds is 5. The number of carbonyl (C=O) groups is 1. The summed E-state index contributed by atoms with van der Waals surface area (Å²) in [5.74, 6) is -0.703. The second-order valence-electron chi connectivity index (χ2n) is 7.95.